The number of nitrogens with zero attached hydrogens (tertiary/aromatic N) is 1. The Morgan fingerprint density at radius 2 is 2.15 bits per heavy atom. The van der Waals surface area contributed by atoms with Crippen molar-refractivity contribution in [2.75, 3.05) is 26.2 Å². The van der Waals surface area contributed by atoms with Crippen LogP contribution >= 0.6 is 0 Å². The minimum atomic E-state index is -0.448. The molecule has 2 rings (SSSR count). The van der Waals surface area contributed by atoms with Crippen molar-refractivity contribution in [2.45, 2.75) is 58.2 Å². The molecule has 1 atom stereocenters. The Labute approximate surface area is 121 Å². The molecule has 116 valence electrons. The van der Waals surface area contributed by atoms with Crippen LogP contribution in [0.25, 0.3) is 0 Å². The SMILES string of the molecule is CC(C)(C)OC(=O)N1CCOC(C2(CCN)CCC2)C1. The van der Waals surface area contributed by atoms with Crippen LogP contribution in [-0.2, 0) is 9.47 Å². The lowest BCUT2D eigenvalue weighted by Gasteiger charge is -2.50. The van der Waals surface area contributed by atoms with Gasteiger partial charge in [-0.15, -0.1) is 0 Å². The van der Waals surface area contributed by atoms with Gasteiger partial charge in [0.15, 0.2) is 0 Å². The normalized spacial score (nSPS) is 26.0. The van der Waals surface area contributed by atoms with Crippen LogP contribution < -0.4 is 5.73 Å². The molecule has 1 aliphatic heterocycles. The lowest BCUT2D eigenvalue weighted by atomic mass is 9.62. The van der Waals surface area contributed by atoms with Gasteiger partial charge in [-0.2, -0.15) is 0 Å². The molecule has 0 spiro atoms. The number of hydrogen-bond acceptors (Lipinski definition) is 4. The number of ether oxygens (including phenoxy) is 2. The van der Waals surface area contributed by atoms with Gasteiger partial charge in [-0.05, 0) is 52.0 Å². The number of carbonyl (C=O) groups excluding carboxylic acids is 1. The fourth-order valence-electron chi connectivity index (χ4n) is 3.16. The Bertz CT molecular complexity index is 348. The zero-order valence-electron chi connectivity index (χ0n) is 13.0. The average molecular weight is 284 g/mol. The lowest BCUT2D eigenvalue weighted by Crippen LogP contribution is -2.55. The minimum absolute atomic E-state index is 0.112. The van der Waals surface area contributed by atoms with Crippen LogP contribution in [0.1, 0.15) is 46.5 Å². The van der Waals surface area contributed by atoms with Gasteiger partial charge in [0.25, 0.3) is 0 Å². The standard InChI is InChI=1S/C15H28N2O3/c1-14(2,3)20-13(18)17-9-10-19-12(11-17)15(7-8-16)5-4-6-15/h12H,4-11,16H2,1-3H3. The maximum Gasteiger partial charge on any atom is 0.410 e. The van der Waals surface area contributed by atoms with E-state index in [0.29, 0.717) is 26.2 Å². The molecule has 0 aromatic rings. The maximum atomic E-state index is 12.2. The molecular formula is C15H28N2O3. The predicted octanol–water partition coefficient (Wildman–Crippen LogP) is 2.14. The van der Waals surface area contributed by atoms with Gasteiger partial charge in [-0.3, -0.25) is 0 Å². The molecule has 0 aromatic carbocycles. The van der Waals surface area contributed by atoms with E-state index in [1.165, 1.54) is 6.42 Å². The van der Waals surface area contributed by atoms with E-state index in [1.54, 1.807) is 4.90 Å². The molecule has 5 heteroatoms. The third-order valence-electron chi connectivity index (χ3n) is 4.39. The van der Waals surface area contributed by atoms with Gasteiger partial charge in [0.05, 0.1) is 19.3 Å². The molecule has 2 N–H and O–H groups in total. The van der Waals surface area contributed by atoms with Crippen molar-refractivity contribution in [3.05, 3.63) is 0 Å². The zero-order chi connectivity index (χ0) is 14.8. The van der Waals surface area contributed by atoms with E-state index >= 15 is 0 Å². The minimum Gasteiger partial charge on any atom is -0.444 e. The molecule has 1 heterocycles. The third-order valence-corrected chi connectivity index (χ3v) is 4.39. The number of amides is 1. The van der Waals surface area contributed by atoms with Crippen molar-refractivity contribution in [1.29, 1.82) is 0 Å². The first-order valence-corrected chi connectivity index (χ1v) is 7.66. The lowest BCUT2D eigenvalue weighted by molar-refractivity contribution is -0.126. The summed E-state index contributed by atoms with van der Waals surface area (Å²) < 4.78 is 11.4. The van der Waals surface area contributed by atoms with Gasteiger partial charge in [0.2, 0.25) is 0 Å². The van der Waals surface area contributed by atoms with Crippen molar-refractivity contribution in [1.82, 2.24) is 4.90 Å². The molecule has 1 amide bonds. The van der Waals surface area contributed by atoms with Crippen LogP contribution in [0, 0.1) is 5.41 Å². The van der Waals surface area contributed by atoms with E-state index in [-0.39, 0.29) is 17.6 Å². The van der Waals surface area contributed by atoms with Crippen molar-refractivity contribution in [3.63, 3.8) is 0 Å². The Balaban J connectivity index is 1.96. The largest absolute Gasteiger partial charge is 0.444 e. The van der Waals surface area contributed by atoms with E-state index in [0.717, 1.165) is 19.3 Å². The van der Waals surface area contributed by atoms with Crippen LogP contribution in [0.4, 0.5) is 4.79 Å². The molecule has 5 nitrogen and oxygen atoms in total. The first-order chi connectivity index (χ1) is 9.36. The Morgan fingerprint density at radius 3 is 2.65 bits per heavy atom. The molecule has 1 unspecified atom stereocenters. The molecule has 0 aromatic heterocycles. The summed E-state index contributed by atoms with van der Waals surface area (Å²) in [5.74, 6) is 0. The smallest absolute Gasteiger partial charge is 0.410 e. The summed E-state index contributed by atoms with van der Waals surface area (Å²) in [6, 6.07) is 0. The van der Waals surface area contributed by atoms with Crippen molar-refractivity contribution in [3.8, 4) is 0 Å². The topological polar surface area (TPSA) is 64.8 Å². The molecular weight excluding hydrogens is 256 g/mol. The van der Waals surface area contributed by atoms with Crippen molar-refractivity contribution >= 4 is 6.09 Å². The van der Waals surface area contributed by atoms with Gasteiger partial charge in [-0.1, -0.05) is 6.42 Å². The van der Waals surface area contributed by atoms with Crippen LogP contribution in [0.3, 0.4) is 0 Å². The number of hydrogen-bond donors (Lipinski definition) is 1. The van der Waals surface area contributed by atoms with Gasteiger partial charge in [0.1, 0.15) is 5.60 Å². The van der Waals surface area contributed by atoms with Crippen LogP contribution in [0.5, 0.6) is 0 Å². The molecule has 2 fully saturated rings. The first kappa shape index (κ1) is 15.6. The number of carbonyl (C=O) groups is 1. The second-order valence-corrected chi connectivity index (χ2v) is 7.04. The summed E-state index contributed by atoms with van der Waals surface area (Å²) in [5, 5.41) is 0. The van der Waals surface area contributed by atoms with E-state index in [9.17, 15) is 4.79 Å². The predicted molar refractivity (Wildman–Crippen MR) is 77.5 cm³/mol. The van der Waals surface area contributed by atoms with Crippen molar-refractivity contribution < 1.29 is 14.3 Å². The van der Waals surface area contributed by atoms with E-state index in [1.807, 2.05) is 20.8 Å². The summed E-state index contributed by atoms with van der Waals surface area (Å²) in [5.41, 5.74) is 5.49. The van der Waals surface area contributed by atoms with Crippen molar-refractivity contribution in [2.24, 2.45) is 11.1 Å². The van der Waals surface area contributed by atoms with Gasteiger partial charge >= 0.3 is 6.09 Å². The Morgan fingerprint density at radius 1 is 1.45 bits per heavy atom. The number of morpholine rings is 1. The fourth-order valence-corrected chi connectivity index (χ4v) is 3.16. The molecule has 1 saturated carbocycles. The van der Waals surface area contributed by atoms with Gasteiger partial charge in [0, 0.05) is 6.54 Å². The molecule has 0 radical (unpaired) electrons. The highest BCUT2D eigenvalue weighted by atomic mass is 16.6. The van der Waals surface area contributed by atoms with Gasteiger partial charge in [-0.25, -0.2) is 4.79 Å². The molecule has 1 aliphatic carbocycles. The maximum absolute atomic E-state index is 12.2. The highest BCUT2D eigenvalue weighted by Gasteiger charge is 2.46. The number of nitrogens with two attached hydrogens (primary N) is 1. The zero-order valence-corrected chi connectivity index (χ0v) is 13.0. The van der Waals surface area contributed by atoms with Gasteiger partial charge < -0.3 is 20.1 Å². The first-order valence-electron chi connectivity index (χ1n) is 7.66. The average Bonchev–Trinajstić information content (AvgIpc) is 2.32. The number of rotatable bonds is 3. The summed E-state index contributed by atoms with van der Waals surface area (Å²) in [6.45, 7) is 8.21. The molecule has 2 aliphatic rings. The fraction of sp³-hybridized carbons (Fsp3) is 0.933. The van der Waals surface area contributed by atoms with E-state index in [4.69, 9.17) is 15.2 Å². The summed E-state index contributed by atoms with van der Waals surface area (Å²) in [6.07, 6.45) is 4.44. The Kier molecular flexibility index (Phi) is 4.59. The van der Waals surface area contributed by atoms with E-state index in [2.05, 4.69) is 0 Å². The van der Waals surface area contributed by atoms with Crippen LogP contribution in [-0.4, -0.2) is 48.9 Å². The summed E-state index contributed by atoms with van der Waals surface area (Å²) >= 11 is 0. The molecule has 20 heavy (non-hydrogen) atoms. The second-order valence-electron chi connectivity index (χ2n) is 7.04. The second kappa shape index (κ2) is 5.90. The van der Waals surface area contributed by atoms with Crippen LogP contribution in [0.15, 0.2) is 0 Å². The molecule has 0 bridgehead atoms. The monoisotopic (exact) mass is 284 g/mol. The van der Waals surface area contributed by atoms with E-state index < -0.39 is 5.60 Å². The highest BCUT2D eigenvalue weighted by molar-refractivity contribution is 5.68. The Hall–Kier alpha value is -0.810. The third kappa shape index (κ3) is 3.44. The quantitative estimate of drug-likeness (QED) is 0.862. The van der Waals surface area contributed by atoms with Crippen LogP contribution in [0.2, 0.25) is 0 Å². The molecule has 1 saturated heterocycles. The highest BCUT2D eigenvalue weighted by Crippen LogP contribution is 2.48. The summed E-state index contributed by atoms with van der Waals surface area (Å²) in [4.78, 5) is 14.0. The summed E-state index contributed by atoms with van der Waals surface area (Å²) in [7, 11) is 0.